The SMILES string of the molecule is COc1ccc(CO[C@H]2[C@H](C)[C@@H]([C@H](C)F)O[C@@H]3SC(N(C)C)=N[C@H]23)cc1.C[C@H](F)[C@H]1O[C@@H]2SC(N(C)C)=N[C@@H]2[C@@H](O)[C@@H]1O. The zero-order chi connectivity index (χ0) is 31.6. The standard InChI is InChI=1S/C19H27FN2O3S.C10H17FN2O3S/c1-11-16(12(2)20)25-18-15(21-19(26-18)22(3)4)17(11)24-10-13-6-8-14(23-5)9-7-13;1-4(11)8-7(15)6(14)5-9(16-8)17-10(12-5)13(2)3/h6-9,11-12,15-18H,10H2,1-5H3;4-9,14-15H,1-3H3/t11-,12+,15-,16+,17+,18-;4-,5+,6+,7-,8+,9+/m10/s1. The Hall–Kier alpha value is -1.68. The van der Waals surface area contributed by atoms with Crippen molar-refractivity contribution in [2.45, 2.75) is 93.2 Å². The van der Waals surface area contributed by atoms with Gasteiger partial charge in [0, 0.05) is 34.1 Å². The fourth-order valence-corrected chi connectivity index (χ4v) is 7.67. The van der Waals surface area contributed by atoms with Crippen LogP contribution in [-0.4, -0.2) is 131 Å². The second-order valence-corrected chi connectivity index (χ2v) is 13.7. The minimum absolute atomic E-state index is 0.0830. The smallest absolute Gasteiger partial charge is 0.161 e. The third-order valence-electron chi connectivity index (χ3n) is 7.78. The molecule has 5 rings (SSSR count). The van der Waals surface area contributed by atoms with E-state index >= 15 is 0 Å². The Kier molecular flexibility index (Phi) is 11.6. The van der Waals surface area contributed by atoms with Gasteiger partial charge in [-0.05, 0) is 31.5 Å². The average Bonchev–Trinajstić information content (AvgIpc) is 3.60. The normalized spacial score (nSPS) is 36.3. The van der Waals surface area contributed by atoms with Gasteiger partial charge in [0.15, 0.2) is 10.3 Å². The molecule has 43 heavy (non-hydrogen) atoms. The first-order valence-corrected chi connectivity index (χ1v) is 16.1. The number of thioether (sulfide) groups is 2. The van der Waals surface area contributed by atoms with Crippen LogP contribution in [0.25, 0.3) is 0 Å². The number of hydrogen-bond donors (Lipinski definition) is 2. The van der Waals surface area contributed by atoms with E-state index in [0.717, 1.165) is 21.6 Å². The Morgan fingerprint density at radius 1 is 0.860 bits per heavy atom. The van der Waals surface area contributed by atoms with Crippen molar-refractivity contribution in [1.82, 2.24) is 9.80 Å². The Labute approximate surface area is 261 Å². The molecule has 0 saturated carbocycles. The summed E-state index contributed by atoms with van der Waals surface area (Å²) in [5, 5.41) is 21.3. The van der Waals surface area contributed by atoms with Gasteiger partial charge in [0.25, 0.3) is 0 Å². The summed E-state index contributed by atoms with van der Waals surface area (Å²) < 4.78 is 50.3. The molecule has 10 nitrogen and oxygen atoms in total. The summed E-state index contributed by atoms with van der Waals surface area (Å²) in [6.45, 7) is 5.31. The van der Waals surface area contributed by atoms with Crippen LogP contribution in [0.3, 0.4) is 0 Å². The summed E-state index contributed by atoms with van der Waals surface area (Å²) in [5.41, 5.74) is 0.426. The molecule has 4 aliphatic heterocycles. The summed E-state index contributed by atoms with van der Waals surface area (Å²) in [6, 6.07) is 7.13. The van der Waals surface area contributed by atoms with E-state index in [1.807, 2.05) is 64.3 Å². The first kappa shape index (κ1) is 34.2. The second-order valence-electron chi connectivity index (χ2n) is 11.6. The van der Waals surface area contributed by atoms with E-state index in [9.17, 15) is 19.0 Å². The first-order chi connectivity index (χ1) is 20.3. The number of benzene rings is 1. The third kappa shape index (κ3) is 7.77. The fourth-order valence-electron chi connectivity index (χ4n) is 5.39. The Bertz CT molecular complexity index is 1130. The highest BCUT2D eigenvalue weighted by atomic mass is 32.2. The van der Waals surface area contributed by atoms with Gasteiger partial charge in [-0.15, -0.1) is 0 Å². The van der Waals surface area contributed by atoms with Crippen LogP contribution < -0.4 is 4.74 Å². The van der Waals surface area contributed by atoms with Crippen molar-refractivity contribution in [2.75, 3.05) is 35.3 Å². The molecule has 14 heteroatoms. The molecule has 0 aliphatic carbocycles. The van der Waals surface area contributed by atoms with Crippen molar-refractivity contribution in [1.29, 1.82) is 0 Å². The lowest BCUT2D eigenvalue weighted by Crippen LogP contribution is -2.57. The number of alkyl halides is 2. The van der Waals surface area contributed by atoms with Crippen LogP contribution >= 0.6 is 23.5 Å². The lowest BCUT2D eigenvalue weighted by molar-refractivity contribution is -0.170. The molecule has 0 unspecified atom stereocenters. The lowest BCUT2D eigenvalue weighted by Gasteiger charge is -2.42. The van der Waals surface area contributed by atoms with Crippen LogP contribution in [0.4, 0.5) is 8.78 Å². The zero-order valence-corrected chi connectivity index (χ0v) is 27.5. The maximum absolute atomic E-state index is 14.1. The van der Waals surface area contributed by atoms with E-state index in [1.54, 1.807) is 30.7 Å². The number of amidine groups is 2. The summed E-state index contributed by atoms with van der Waals surface area (Å²) in [7, 11) is 9.22. The highest BCUT2D eigenvalue weighted by Crippen LogP contribution is 2.42. The molecule has 4 heterocycles. The van der Waals surface area contributed by atoms with E-state index in [1.165, 1.54) is 18.7 Å². The Morgan fingerprint density at radius 3 is 1.88 bits per heavy atom. The quantitative estimate of drug-likeness (QED) is 0.479. The number of aliphatic hydroxyl groups excluding tert-OH is 2. The molecule has 12 atom stereocenters. The molecule has 2 fully saturated rings. The van der Waals surface area contributed by atoms with E-state index in [4.69, 9.17) is 23.9 Å². The summed E-state index contributed by atoms with van der Waals surface area (Å²) >= 11 is 2.89. The molecule has 0 spiro atoms. The molecule has 2 saturated heterocycles. The van der Waals surface area contributed by atoms with E-state index in [0.29, 0.717) is 6.61 Å². The van der Waals surface area contributed by atoms with Gasteiger partial charge < -0.3 is 39.0 Å². The van der Waals surface area contributed by atoms with Gasteiger partial charge in [-0.3, -0.25) is 9.98 Å². The molecule has 0 radical (unpaired) electrons. The van der Waals surface area contributed by atoms with E-state index in [2.05, 4.69) is 4.99 Å². The van der Waals surface area contributed by atoms with Crippen molar-refractivity contribution in [3.8, 4) is 5.75 Å². The lowest BCUT2D eigenvalue weighted by atomic mass is 9.88. The highest BCUT2D eigenvalue weighted by molar-refractivity contribution is 8.14. The second kappa shape index (κ2) is 14.6. The molecular weight excluding hydrogens is 602 g/mol. The van der Waals surface area contributed by atoms with Crippen molar-refractivity contribution < 1.29 is 37.9 Å². The van der Waals surface area contributed by atoms with Gasteiger partial charge in [0.2, 0.25) is 0 Å². The fraction of sp³-hybridized carbons (Fsp3) is 0.724. The van der Waals surface area contributed by atoms with E-state index < -0.39 is 48.2 Å². The number of nitrogens with zero attached hydrogens (tertiary/aromatic N) is 4. The summed E-state index contributed by atoms with van der Waals surface area (Å²) in [6.07, 6.45) is -6.36. The minimum Gasteiger partial charge on any atom is -0.497 e. The predicted octanol–water partition coefficient (Wildman–Crippen LogP) is 3.16. The van der Waals surface area contributed by atoms with Crippen LogP contribution in [0.2, 0.25) is 0 Å². The molecule has 0 amide bonds. The third-order valence-corrected chi connectivity index (χ3v) is 10.4. The summed E-state index contributed by atoms with van der Waals surface area (Å²) in [5.74, 6) is 0.729. The first-order valence-electron chi connectivity index (χ1n) is 14.4. The van der Waals surface area contributed by atoms with Crippen LogP contribution in [0.15, 0.2) is 34.3 Å². The number of fused-ring (bicyclic) bond motifs is 2. The van der Waals surface area contributed by atoms with Gasteiger partial charge in [-0.25, -0.2) is 8.78 Å². The number of aliphatic hydroxyl groups is 2. The number of halogens is 2. The molecule has 242 valence electrons. The van der Waals surface area contributed by atoms with Crippen LogP contribution in [0, 0.1) is 5.92 Å². The molecule has 0 aromatic heterocycles. The van der Waals surface area contributed by atoms with E-state index in [-0.39, 0.29) is 23.5 Å². The van der Waals surface area contributed by atoms with Crippen molar-refractivity contribution >= 4 is 33.9 Å². The topological polar surface area (TPSA) is 109 Å². The van der Waals surface area contributed by atoms with Gasteiger partial charge >= 0.3 is 0 Å². The number of ether oxygens (including phenoxy) is 4. The van der Waals surface area contributed by atoms with Crippen LogP contribution in [-0.2, 0) is 20.8 Å². The monoisotopic (exact) mass is 646 g/mol. The maximum atomic E-state index is 14.1. The van der Waals surface area contributed by atoms with Crippen LogP contribution in [0.5, 0.6) is 5.75 Å². The average molecular weight is 647 g/mol. The molecular formula is C29H44F2N4O6S2. The number of hydrogen-bond acceptors (Lipinski definition) is 12. The highest BCUT2D eigenvalue weighted by Gasteiger charge is 2.51. The van der Waals surface area contributed by atoms with Gasteiger partial charge in [-0.1, -0.05) is 42.6 Å². The number of aliphatic imine (C=N–C) groups is 2. The maximum Gasteiger partial charge on any atom is 0.161 e. The zero-order valence-electron chi connectivity index (χ0n) is 25.8. The molecule has 0 bridgehead atoms. The largest absolute Gasteiger partial charge is 0.497 e. The Morgan fingerprint density at radius 2 is 1.37 bits per heavy atom. The minimum atomic E-state index is -1.33. The van der Waals surface area contributed by atoms with Gasteiger partial charge in [-0.2, -0.15) is 0 Å². The van der Waals surface area contributed by atoms with Crippen molar-refractivity contribution in [2.24, 2.45) is 15.9 Å². The molecule has 1 aromatic carbocycles. The molecule has 2 N–H and O–H groups in total. The van der Waals surface area contributed by atoms with Gasteiger partial charge in [0.05, 0.1) is 25.9 Å². The van der Waals surface area contributed by atoms with Crippen molar-refractivity contribution in [3.63, 3.8) is 0 Å². The van der Waals surface area contributed by atoms with Crippen LogP contribution in [0.1, 0.15) is 26.3 Å². The predicted molar refractivity (Wildman–Crippen MR) is 166 cm³/mol. The number of methoxy groups -OCH3 is 1. The number of rotatable bonds is 6. The van der Waals surface area contributed by atoms with Gasteiger partial charge in [0.1, 0.15) is 59.4 Å². The van der Waals surface area contributed by atoms with Crippen molar-refractivity contribution in [3.05, 3.63) is 29.8 Å². The molecule has 4 aliphatic rings. The molecule has 1 aromatic rings. The Balaban J connectivity index is 0.000000215. The summed E-state index contributed by atoms with van der Waals surface area (Å²) in [4.78, 5) is 12.8.